The first kappa shape index (κ1) is 8.17. The molecular formula is C12H9N3. The van der Waals surface area contributed by atoms with Crippen LogP contribution in [0.5, 0.6) is 0 Å². The van der Waals surface area contributed by atoms with Gasteiger partial charge >= 0.3 is 0 Å². The molecule has 0 bridgehead atoms. The average Bonchev–Trinajstić information content (AvgIpc) is 2.54. The van der Waals surface area contributed by atoms with Crippen LogP contribution < -0.4 is 5.32 Å². The Morgan fingerprint density at radius 2 is 2.13 bits per heavy atom. The van der Waals surface area contributed by atoms with Crippen molar-refractivity contribution in [2.45, 2.75) is 0 Å². The maximum Gasteiger partial charge on any atom is 0.0958 e. The van der Waals surface area contributed by atoms with E-state index >= 15 is 0 Å². The second kappa shape index (κ2) is 3.20. The van der Waals surface area contributed by atoms with Crippen molar-refractivity contribution in [2.75, 3.05) is 5.32 Å². The van der Waals surface area contributed by atoms with E-state index in [0.717, 1.165) is 22.3 Å². The predicted molar refractivity (Wildman–Crippen MR) is 62.7 cm³/mol. The highest BCUT2D eigenvalue weighted by molar-refractivity contribution is 5.99. The SMILES string of the molecule is C1=CNc2ccc3ncccc3c2N=C1. The van der Waals surface area contributed by atoms with Gasteiger partial charge in [0.2, 0.25) is 0 Å². The molecule has 0 radical (unpaired) electrons. The van der Waals surface area contributed by atoms with Gasteiger partial charge in [0.15, 0.2) is 0 Å². The number of fused-ring (bicyclic) bond motifs is 3. The topological polar surface area (TPSA) is 37.3 Å². The van der Waals surface area contributed by atoms with Gasteiger partial charge in [-0.2, -0.15) is 0 Å². The monoisotopic (exact) mass is 195 g/mol. The zero-order chi connectivity index (χ0) is 10.1. The van der Waals surface area contributed by atoms with Crippen LogP contribution in [0.4, 0.5) is 11.4 Å². The van der Waals surface area contributed by atoms with Crippen LogP contribution in [0.25, 0.3) is 10.9 Å². The summed E-state index contributed by atoms with van der Waals surface area (Å²) in [7, 11) is 0. The fraction of sp³-hybridized carbons (Fsp3) is 0. The summed E-state index contributed by atoms with van der Waals surface area (Å²) in [6.45, 7) is 0. The highest BCUT2D eigenvalue weighted by atomic mass is 14.9. The number of aromatic nitrogens is 1. The molecule has 0 saturated heterocycles. The molecule has 0 spiro atoms. The molecule has 15 heavy (non-hydrogen) atoms. The Morgan fingerprint density at radius 1 is 1.13 bits per heavy atom. The number of hydrogen-bond donors (Lipinski definition) is 1. The van der Waals surface area contributed by atoms with Crippen molar-refractivity contribution in [3.63, 3.8) is 0 Å². The summed E-state index contributed by atoms with van der Waals surface area (Å²) >= 11 is 0. The van der Waals surface area contributed by atoms with E-state index in [0.29, 0.717) is 0 Å². The lowest BCUT2D eigenvalue weighted by Gasteiger charge is -2.06. The Balaban J connectivity index is 2.38. The lowest BCUT2D eigenvalue weighted by molar-refractivity contribution is 1.40. The maximum atomic E-state index is 4.40. The summed E-state index contributed by atoms with van der Waals surface area (Å²) in [6.07, 6.45) is 7.33. The number of nitrogens with zero attached hydrogens (tertiary/aromatic N) is 2. The number of anilines is 1. The number of allylic oxidation sites excluding steroid dienone is 1. The predicted octanol–water partition coefficient (Wildman–Crippen LogP) is 2.88. The fourth-order valence-corrected chi connectivity index (χ4v) is 1.69. The van der Waals surface area contributed by atoms with Gasteiger partial charge in [-0.05, 0) is 30.3 Å². The number of pyridine rings is 1. The molecule has 1 aromatic heterocycles. The molecular weight excluding hydrogens is 186 g/mol. The minimum absolute atomic E-state index is 0.950. The van der Waals surface area contributed by atoms with Gasteiger partial charge < -0.3 is 5.32 Å². The molecule has 3 heteroatoms. The normalized spacial score (nSPS) is 13.3. The van der Waals surface area contributed by atoms with Gasteiger partial charge in [0.05, 0.1) is 16.9 Å². The first-order valence-electron chi connectivity index (χ1n) is 4.78. The molecule has 72 valence electrons. The molecule has 3 rings (SSSR count). The van der Waals surface area contributed by atoms with E-state index in [-0.39, 0.29) is 0 Å². The number of hydrogen-bond acceptors (Lipinski definition) is 3. The zero-order valence-electron chi connectivity index (χ0n) is 8.01. The van der Waals surface area contributed by atoms with Crippen LogP contribution in [-0.4, -0.2) is 11.2 Å². The summed E-state index contributed by atoms with van der Waals surface area (Å²) in [5, 5.41) is 4.26. The fourth-order valence-electron chi connectivity index (χ4n) is 1.69. The quantitative estimate of drug-likeness (QED) is 0.701. The third kappa shape index (κ3) is 1.29. The van der Waals surface area contributed by atoms with E-state index in [4.69, 9.17) is 0 Å². The average molecular weight is 195 g/mol. The minimum Gasteiger partial charge on any atom is -0.360 e. The van der Waals surface area contributed by atoms with E-state index in [2.05, 4.69) is 15.3 Å². The van der Waals surface area contributed by atoms with E-state index in [1.165, 1.54) is 0 Å². The smallest absolute Gasteiger partial charge is 0.0958 e. The Hall–Kier alpha value is -2.16. The largest absolute Gasteiger partial charge is 0.360 e. The lowest BCUT2D eigenvalue weighted by Crippen LogP contribution is -1.87. The van der Waals surface area contributed by atoms with Crippen molar-refractivity contribution >= 4 is 28.5 Å². The summed E-state index contributed by atoms with van der Waals surface area (Å²) in [5.74, 6) is 0. The molecule has 1 aliphatic heterocycles. The minimum atomic E-state index is 0.950. The van der Waals surface area contributed by atoms with Crippen molar-refractivity contribution in [2.24, 2.45) is 4.99 Å². The highest BCUT2D eigenvalue weighted by Crippen LogP contribution is 2.33. The summed E-state index contributed by atoms with van der Waals surface area (Å²) in [5.41, 5.74) is 2.93. The Labute approximate surface area is 87.2 Å². The molecule has 0 aliphatic carbocycles. The molecule has 1 aromatic carbocycles. The number of benzene rings is 1. The van der Waals surface area contributed by atoms with E-state index in [1.54, 1.807) is 12.4 Å². The molecule has 0 amide bonds. The molecule has 2 heterocycles. The molecule has 1 aliphatic rings. The Kier molecular flexibility index (Phi) is 1.75. The van der Waals surface area contributed by atoms with Gasteiger partial charge in [-0.25, -0.2) is 0 Å². The van der Waals surface area contributed by atoms with Crippen LogP contribution in [0.15, 0.2) is 47.7 Å². The first-order valence-corrected chi connectivity index (χ1v) is 4.78. The third-order valence-corrected chi connectivity index (χ3v) is 2.38. The van der Waals surface area contributed by atoms with E-state index < -0.39 is 0 Å². The van der Waals surface area contributed by atoms with Gasteiger partial charge in [0, 0.05) is 24.0 Å². The van der Waals surface area contributed by atoms with Crippen molar-refractivity contribution in [1.82, 2.24) is 4.98 Å². The summed E-state index contributed by atoms with van der Waals surface area (Å²) < 4.78 is 0. The summed E-state index contributed by atoms with van der Waals surface area (Å²) in [6, 6.07) is 7.95. The van der Waals surface area contributed by atoms with Gasteiger partial charge in [-0.3, -0.25) is 9.98 Å². The number of rotatable bonds is 0. The second-order valence-corrected chi connectivity index (χ2v) is 3.31. The van der Waals surface area contributed by atoms with Crippen LogP contribution in [0, 0.1) is 0 Å². The van der Waals surface area contributed by atoms with Gasteiger partial charge in [-0.1, -0.05) is 0 Å². The van der Waals surface area contributed by atoms with Crippen LogP contribution in [0.2, 0.25) is 0 Å². The number of nitrogens with one attached hydrogen (secondary N) is 1. The summed E-state index contributed by atoms with van der Waals surface area (Å²) in [4.78, 5) is 8.70. The molecule has 0 fully saturated rings. The molecule has 0 saturated carbocycles. The maximum absolute atomic E-state index is 4.40. The van der Waals surface area contributed by atoms with Crippen LogP contribution >= 0.6 is 0 Å². The van der Waals surface area contributed by atoms with Crippen molar-refractivity contribution < 1.29 is 0 Å². The van der Waals surface area contributed by atoms with Gasteiger partial charge in [0.1, 0.15) is 0 Å². The Bertz CT molecular complexity index is 570. The molecule has 0 unspecified atom stereocenters. The highest BCUT2D eigenvalue weighted by Gasteiger charge is 2.06. The van der Waals surface area contributed by atoms with Crippen LogP contribution in [-0.2, 0) is 0 Å². The first-order chi connectivity index (χ1) is 7.45. The molecule has 0 atom stereocenters. The van der Waals surface area contributed by atoms with Crippen molar-refractivity contribution in [1.29, 1.82) is 0 Å². The lowest BCUT2D eigenvalue weighted by atomic mass is 10.1. The Morgan fingerprint density at radius 3 is 3.13 bits per heavy atom. The third-order valence-electron chi connectivity index (χ3n) is 2.38. The second-order valence-electron chi connectivity index (χ2n) is 3.31. The van der Waals surface area contributed by atoms with Crippen molar-refractivity contribution in [3.05, 3.63) is 42.7 Å². The molecule has 2 aromatic rings. The molecule has 3 nitrogen and oxygen atoms in total. The number of aliphatic imine (C=N–C) groups is 1. The van der Waals surface area contributed by atoms with Crippen LogP contribution in [0.1, 0.15) is 0 Å². The molecule has 1 N–H and O–H groups in total. The van der Waals surface area contributed by atoms with Crippen LogP contribution in [0.3, 0.4) is 0 Å². The van der Waals surface area contributed by atoms with Gasteiger partial charge in [0.25, 0.3) is 0 Å². The zero-order valence-corrected chi connectivity index (χ0v) is 8.01. The van der Waals surface area contributed by atoms with E-state index in [9.17, 15) is 0 Å². The standard InChI is InChI=1S/C12H9N3/c1-3-9-10(13-6-1)4-5-11-12(9)15-8-2-7-14-11/h1-8,14H. The van der Waals surface area contributed by atoms with Gasteiger partial charge in [-0.15, -0.1) is 0 Å². The van der Waals surface area contributed by atoms with Crippen molar-refractivity contribution in [3.8, 4) is 0 Å². The van der Waals surface area contributed by atoms with E-state index in [1.807, 2.05) is 36.5 Å².